The molecule has 1 aliphatic carbocycles. The van der Waals surface area contributed by atoms with Crippen LogP contribution >= 0.6 is 0 Å². The molecular weight excluding hydrogens is 266 g/mol. The molecule has 3 N–H and O–H groups in total. The van der Waals surface area contributed by atoms with Crippen LogP contribution in [0.1, 0.15) is 34.6 Å². The van der Waals surface area contributed by atoms with Gasteiger partial charge < -0.3 is 11.1 Å². The smallest absolute Gasteiger partial charge is 0.252 e. The Kier molecular flexibility index (Phi) is 3.41. The van der Waals surface area contributed by atoms with Crippen LogP contribution in [0.5, 0.6) is 0 Å². The SMILES string of the molecule is Cc1cc(C(=O)NCC(N)C2CC2)c2c(C)nn(C)c2n1. The maximum atomic E-state index is 12.5. The number of amides is 1. The van der Waals surface area contributed by atoms with Gasteiger partial charge in [-0.15, -0.1) is 0 Å². The van der Waals surface area contributed by atoms with Gasteiger partial charge in [0.15, 0.2) is 5.65 Å². The van der Waals surface area contributed by atoms with E-state index in [0.29, 0.717) is 18.0 Å². The third kappa shape index (κ3) is 2.63. The minimum Gasteiger partial charge on any atom is -0.350 e. The molecular formula is C15H21N5O. The van der Waals surface area contributed by atoms with E-state index in [-0.39, 0.29) is 11.9 Å². The summed E-state index contributed by atoms with van der Waals surface area (Å²) in [5.41, 5.74) is 9.03. The molecule has 6 nitrogen and oxygen atoms in total. The summed E-state index contributed by atoms with van der Waals surface area (Å²) in [5, 5.41) is 8.12. The van der Waals surface area contributed by atoms with Crippen LogP contribution in [0.2, 0.25) is 0 Å². The molecule has 1 unspecified atom stereocenters. The Balaban J connectivity index is 1.89. The Labute approximate surface area is 123 Å². The Morgan fingerprint density at radius 3 is 2.90 bits per heavy atom. The number of pyridine rings is 1. The molecule has 1 amide bonds. The summed E-state index contributed by atoms with van der Waals surface area (Å²) in [6.07, 6.45) is 2.36. The molecule has 0 bridgehead atoms. The highest BCUT2D eigenvalue weighted by Crippen LogP contribution is 2.31. The van der Waals surface area contributed by atoms with E-state index in [4.69, 9.17) is 5.73 Å². The highest BCUT2D eigenvalue weighted by Gasteiger charge is 2.28. The van der Waals surface area contributed by atoms with Crippen molar-refractivity contribution in [3.8, 4) is 0 Å². The van der Waals surface area contributed by atoms with Crippen LogP contribution in [-0.4, -0.2) is 33.3 Å². The molecule has 0 radical (unpaired) electrons. The Bertz CT molecular complexity index is 702. The van der Waals surface area contributed by atoms with Gasteiger partial charge in [0.25, 0.3) is 5.91 Å². The summed E-state index contributed by atoms with van der Waals surface area (Å²) in [4.78, 5) is 17.0. The van der Waals surface area contributed by atoms with Crippen molar-refractivity contribution in [2.24, 2.45) is 18.7 Å². The average molecular weight is 287 g/mol. The van der Waals surface area contributed by atoms with Crippen LogP contribution in [0.15, 0.2) is 6.07 Å². The molecule has 21 heavy (non-hydrogen) atoms. The lowest BCUT2D eigenvalue weighted by Crippen LogP contribution is -2.38. The quantitative estimate of drug-likeness (QED) is 0.880. The van der Waals surface area contributed by atoms with Gasteiger partial charge in [0, 0.05) is 25.3 Å². The molecule has 2 aromatic heterocycles. The molecule has 1 fully saturated rings. The molecule has 1 saturated carbocycles. The van der Waals surface area contributed by atoms with Crippen LogP contribution in [0, 0.1) is 19.8 Å². The van der Waals surface area contributed by atoms with E-state index in [9.17, 15) is 4.79 Å². The second kappa shape index (κ2) is 5.11. The van der Waals surface area contributed by atoms with Crippen molar-refractivity contribution in [1.29, 1.82) is 0 Å². The summed E-state index contributed by atoms with van der Waals surface area (Å²) in [6.45, 7) is 4.30. The third-order valence-electron chi connectivity index (χ3n) is 4.07. The summed E-state index contributed by atoms with van der Waals surface area (Å²) >= 11 is 0. The first-order valence-corrected chi connectivity index (χ1v) is 7.32. The molecule has 1 aliphatic rings. The van der Waals surface area contributed by atoms with Crippen molar-refractivity contribution in [1.82, 2.24) is 20.1 Å². The monoisotopic (exact) mass is 287 g/mol. The number of nitrogens with zero attached hydrogens (tertiary/aromatic N) is 3. The van der Waals surface area contributed by atoms with Gasteiger partial charge >= 0.3 is 0 Å². The summed E-state index contributed by atoms with van der Waals surface area (Å²) in [5.74, 6) is 0.474. The van der Waals surface area contributed by atoms with Crippen molar-refractivity contribution < 1.29 is 4.79 Å². The molecule has 112 valence electrons. The molecule has 0 saturated heterocycles. The first kappa shape index (κ1) is 14.0. The van der Waals surface area contributed by atoms with Gasteiger partial charge in [-0.3, -0.25) is 9.48 Å². The largest absolute Gasteiger partial charge is 0.350 e. The van der Waals surface area contributed by atoms with E-state index >= 15 is 0 Å². The van der Waals surface area contributed by atoms with Crippen molar-refractivity contribution in [3.63, 3.8) is 0 Å². The first-order valence-electron chi connectivity index (χ1n) is 7.32. The van der Waals surface area contributed by atoms with Gasteiger partial charge in [0.1, 0.15) is 0 Å². The van der Waals surface area contributed by atoms with Crippen LogP contribution in [0.4, 0.5) is 0 Å². The summed E-state index contributed by atoms with van der Waals surface area (Å²) in [6, 6.07) is 1.87. The molecule has 2 aromatic rings. The summed E-state index contributed by atoms with van der Waals surface area (Å²) in [7, 11) is 1.84. The van der Waals surface area contributed by atoms with Crippen molar-refractivity contribution in [3.05, 3.63) is 23.0 Å². The minimum atomic E-state index is -0.0994. The third-order valence-corrected chi connectivity index (χ3v) is 4.07. The van der Waals surface area contributed by atoms with E-state index in [1.807, 2.05) is 27.0 Å². The molecule has 3 rings (SSSR count). The number of nitrogens with two attached hydrogens (primary N) is 1. The first-order chi connectivity index (χ1) is 9.97. The van der Waals surface area contributed by atoms with E-state index in [2.05, 4.69) is 15.4 Å². The number of nitrogens with one attached hydrogen (secondary N) is 1. The van der Waals surface area contributed by atoms with Gasteiger partial charge in [-0.2, -0.15) is 5.10 Å². The van der Waals surface area contributed by atoms with Gasteiger partial charge in [-0.25, -0.2) is 4.98 Å². The zero-order valence-electron chi connectivity index (χ0n) is 12.7. The average Bonchev–Trinajstić information content (AvgIpc) is 3.23. The van der Waals surface area contributed by atoms with E-state index in [1.165, 1.54) is 12.8 Å². The maximum Gasteiger partial charge on any atom is 0.252 e. The number of aryl methyl sites for hydroxylation is 3. The van der Waals surface area contributed by atoms with Gasteiger partial charge in [0.05, 0.1) is 16.6 Å². The molecule has 0 aliphatic heterocycles. The van der Waals surface area contributed by atoms with E-state index < -0.39 is 0 Å². The Morgan fingerprint density at radius 2 is 2.24 bits per heavy atom. The fourth-order valence-corrected chi connectivity index (χ4v) is 2.75. The number of rotatable bonds is 4. The van der Waals surface area contributed by atoms with Crippen LogP contribution < -0.4 is 11.1 Å². The van der Waals surface area contributed by atoms with Crippen molar-refractivity contribution >= 4 is 16.9 Å². The van der Waals surface area contributed by atoms with Gasteiger partial charge in [-0.05, 0) is 38.7 Å². The normalized spacial score (nSPS) is 16.2. The second-order valence-electron chi connectivity index (χ2n) is 5.93. The predicted octanol–water partition coefficient (Wildman–Crippen LogP) is 1.05. The second-order valence-corrected chi connectivity index (χ2v) is 5.93. The Hall–Kier alpha value is -1.95. The molecule has 0 spiro atoms. The Morgan fingerprint density at radius 1 is 1.52 bits per heavy atom. The molecule has 1 atom stereocenters. The van der Waals surface area contributed by atoms with Gasteiger partial charge in [0.2, 0.25) is 0 Å². The predicted molar refractivity (Wildman–Crippen MR) is 81.0 cm³/mol. The number of hydrogen-bond acceptors (Lipinski definition) is 4. The molecule has 0 aromatic carbocycles. The minimum absolute atomic E-state index is 0.0578. The highest BCUT2D eigenvalue weighted by atomic mass is 16.1. The van der Waals surface area contributed by atoms with Crippen molar-refractivity contribution in [2.45, 2.75) is 32.7 Å². The number of aromatic nitrogens is 3. The number of carbonyl (C=O) groups excluding carboxylic acids is 1. The summed E-state index contributed by atoms with van der Waals surface area (Å²) < 4.78 is 1.71. The zero-order valence-corrected chi connectivity index (χ0v) is 12.7. The standard InChI is InChI=1S/C15H21N5O/c1-8-6-11(13-9(2)19-20(3)14(13)18-8)15(21)17-7-12(16)10-4-5-10/h6,10,12H,4-5,7,16H2,1-3H3,(H,17,21). The van der Waals surface area contributed by atoms with Crippen LogP contribution in [0.3, 0.4) is 0 Å². The number of carbonyl (C=O) groups is 1. The number of fused-ring (bicyclic) bond motifs is 1. The molecule has 2 heterocycles. The maximum absolute atomic E-state index is 12.5. The lowest BCUT2D eigenvalue weighted by Gasteiger charge is -2.12. The lowest BCUT2D eigenvalue weighted by atomic mass is 10.1. The van der Waals surface area contributed by atoms with E-state index in [1.54, 1.807) is 4.68 Å². The topological polar surface area (TPSA) is 85.8 Å². The van der Waals surface area contributed by atoms with E-state index in [0.717, 1.165) is 22.4 Å². The highest BCUT2D eigenvalue weighted by molar-refractivity contribution is 6.06. The van der Waals surface area contributed by atoms with Crippen molar-refractivity contribution in [2.75, 3.05) is 6.54 Å². The lowest BCUT2D eigenvalue weighted by molar-refractivity contribution is 0.0951. The van der Waals surface area contributed by atoms with Crippen LogP contribution in [-0.2, 0) is 7.05 Å². The fourth-order valence-electron chi connectivity index (χ4n) is 2.75. The fraction of sp³-hybridized carbons (Fsp3) is 0.533. The molecule has 6 heteroatoms. The zero-order chi connectivity index (χ0) is 15.1. The van der Waals surface area contributed by atoms with Gasteiger partial charge in [-0.1, -0.05) is 0 Å². The number of hydrogen-bond donors (Lipinski definition) is 2. The van der Waals surface area contributed by atoms with Crippen LogP contribution in [0.25, 0.3) is 11.0 Å².